The molecule has 3 aromatic carbocycles. The van der Waals surface area contributed by atoms with Crippen molar-refractivity contribution in [1.29, 1.82) is 0 Å². The van der Waals surface area contributed by atoms with Gasteiger partial charge in [0.05, 0.1) is 5.69 Å². The molecule has 3 aromatic rings. The Labute approximate surface area is 204 Å². The molecule has 0 radical (unpaired) electrons. The average Bonchev–Trinajstić information content (AvgIpc) is 3.07. The van der Waals surface area contributed by atoms with Gasteiger partial charge in [0.15, 0.2) is 0 Å². The molecule has 1 N–H and O–H groups in total. The number of carbonyl (C=O) groups excluding carboxylic acids is 3. The number of carbonyl (C=O) groups is 3. The monoisotopic (exact) mass is 477 g/mol. The van der Waals surface area contributed by atoms with E-state index in [4.69, 9.17) is 11.6 Å². The van der Waals surface area contributed by atoms with E-state index >= 15 is 0 Å². The Morgan fingerprint density at radius 1 is 1.03 bits per heavy atom. The number of rotatable bonds is 8. The Morgan fingerprint density at radius 3 is 2.35 bits per heavy atom. The van der Waals surface area contributed by atoms with Crippen LogP contribution in [0.2, 0.25) is 5.02 Å². The lowest BCUT2D eigenvalue weighted by Crippen LogP contribution is -2.53. The minimum absolute atomic E-state index is 0.0544. The third-order valence-corrected chi connectivity index (χ3v) is 6.28. The van der Waals surface area contributed by atoms with Crippen LogP contribution in [0.5, 0.6) is 0 Å². The molecule has 0 aromatic heterocycles. The van der Waals surface area contributed by atoms with Crippen molar-refractivity contribution in [1.82, 2.24) is 10.2 Å². The number of hydrogen-bond acceptors (Lipinski definition) is 3. The van der Waals surface area contributed by atoms with Crippen LogP contribution in [-0.2, 0) is 16.1 Å². The van der Waals surface area contributed by atoms with Gasteiger partial charge in [-0.3, -0.25) is 19.3 Å². The maximum atomic E-state index is 13.7. The average molecular weight is 478 g/mol. The predicted octanol–water partition coefficient (Wildman–Crippen LogP) is 4.79. The summed E-state index contributed by atoms with van der Waals surface area (Å²) in [4.78, 5) is 43.0. The van der Waals surface area contributed by atoms with Crippen molar-refractivity contribution in [2.24, 2.45) is 0 Å². The normalized spacial score (nSPS) is 13.4. The molecular weight excluding hydrogens is 450 g/mol. The lowest BCUT2D eigenvalue weighted by Gasteiger charge is -2.32. The van der Waals surface area contributed by atoms with Crippen LogP contribution in [0.3, 0.4) is 0 Å². The van der Waals surface area contributed by atoms with Crippen LogP contribution in [0.15, 0.2) is 60.7 Å². The Kier molecular flexibility index (Phi) is 6.89. The fourth-order valence-corrected chi connectivity index (χ4v) is 4.57. The molecule has 3 amide bonds. The van der Waals surface area contributed by atoms with Gasteiger partial charge in [-0.2, -0.15) is 0 Å². The molecule has 176 valence electrons. The van der Waals surface area contributed by atoms with E-state index in [1.54, 1.807) is 23.1 Å². The van der Waals surface area contributed by atoms with Gasteiger partial charge in [-0.15, -0.1) is 0 Å². The van der Waals surface area contributed by atoms with E-state index in [2.05, 4.69) is 5.32 Å². The molecule has 0 bridgehead atoms. The lowest BCUT2D eigenvalue weighted by atomic mass is 10.1. The number of hydrogen-bond donors (Lipinski definition) is 1. The minimum Gasteiger partial charge on any atom is -0.352 e. The van der Waals surface area contributed by atoms with Crippen LogP contribution < -0.4 is 10.2 Å². The molecule has 1 unspecified atom stereocenters. The first-order valence-electron chi connectivity index (χ1n) is 11.5. The standard InChI is InChI=1S/C27H28ClN3O3/c1-4-22(26(33)29-17(2)3)30(15-18-11-13-20(28)14-12-18)24(32)16-31-23-10-6-8-19-7-5-9-21(25(19)23)27(31)34/h5-14,17,22H,4,15-16H2,1-3H3,(H,29,33). The summed E-state index contributed by atoms with van der Waals surface area (Å²) in [6.07, 6.45) is 0.446. The second kappa shape index (κ2) is 9.85. The summed E-state index contributed by atoms with van der Waals surface area (Å²) in [5, 5.41) is 5.33. The van der Waals surface area contributed by atoms with Crippen molar-refractivity contribution in [3.8, 4) is 0 Å². The zero-order chi connectivity index (χ0) is 24.4. The van der Waals surface area contributed by atoms with Gasteiger partial charge in [0.1, 0.15) is 12.6 Å². The first-order valence-corrected chi connectivity index (χ1v) is 11.9. The maximum absolute atomic E-state index is 13.7. The van der Waals surface area contributed by atoms with Crippen molar-refractivity contribution in [2.75, 3.05) is 11.4 Å². The van der Waals surface area contributed by atoms with E-state index in [-0.39, 0.29) is 36.9 Å². The molecule has 34 heavy (non-hydrogen) atoms. The molecule has 0 aliphatic carbocycles. The van der Waals surface area contributed by atoms with Crippen LogP contribution in [0.1, 0.15) is 43.1 Å². The topological polar surface area (TPSA) is 69.7 Å². The summed E-state index contributed by atoms with van der Waals surface area (Å²) in [7, 11) is 0. The highest BCUT2D eigenvalue weighted by Crippen LogP contribution is 2.37. The molecule has 1 atom stereocenters. The highest BCUT2D eigenvalue weighted by molar-refractivity contribution is 6.30. The van der Waals surface area contributed by atoms with Crippen LogP contribution >= 0.6 is 11.6 Å². The Bertz CT molecular complexity index is 1230. The molecule has 1 aliphatic heterocycles. The minimum atomic E-state index is -0.665. The first-order chi connectivity index (χ1) is 16.3. The van der Waals surface area contributed by atoms with Crippen LogP contribution in [0.4, 0.5) is 5.69 Å². The summed E-state index contributed by atoms with van der Waals surface area (Å²) >= 11 is 6.03. The molecule has 1 aliphatic rings. The molecular formula is C27H28ClN3O3. The fourth-order valence-electron chi connectivity index (χ4n) is 4.45. The second-order valence-electron chi connectivity index (χ2n) is 8.81. The number of anilines is 1. The number of amides is 3. The highest BCUT2D eigenvalue weighted by Gasteiger charge is 2.35. The number of nitrogens with zero attached hydrogens (tertiary/aromatic N) is 2. The van der Waals surface area contributed by atoms with Crippen molar-refractivity contribution in [2.45, 2.75) is 45.8 Å². The van der Waals surface area contributed by atoms with Crippen molar-refractivity contribution in [3.05, 3.63) is 76.8 Å². The molecule has 7 heteroatoms. The van der Waals surface area contributed by atoms with Crippen molar-refractivity contribution < 1.29 is 14.4 Å². The Balaban J connectivity index is 1.65. The molecule has 1 heterocycles. The van der Waals surface area contributed by atoms with Gasteiger partial charge >= 0.3 is 0 Å². The number of nitrogens with one attached hydrogen (secondary N) is 1. The second-order valence-corrected chi connectivity index (χ2v) is 9.24. The van der Waals surface area contributed by atoms with E-state index < -0.39 is 6.04 Å². The molecule has 6 nitrogen and oxygen atoms in total. The summed E-state index contributed by atoms with van der Waals surface area (Å²) < 4.78 is 0. The van der Waals surface area contributed by atoms with Crippen molar-refractivity contribution >= 4 is 45.8 Å². The van der Waals surface area contributed by atoms with Gasteiger partial charge < -0.3 is 10.2 Å². The third kappa shape index (κ3) is 4.64. The Hall–Kier alpha value is -3.38. The zero-order valence-corrected chi connectivity index (χ0v) is 20.3. The largest absolute Gasteiger partial charge is 0.352 e. The van der Waals surface area contributed by atoms with Gasteiger partial charge in [-0.1, -0.05) is 54.9 Å². The number of benzene rings is 3. The van der Waals surface area contributed by atoms with Crippen LogP contribution in [0, 0.1) is 0 Å². The summed E-state index contributed by atoms with van der Waals surface area (Å²) in [5.41, 5.74) is 2.17. The van der Waals surface area contributed by atoms with Crippen LogP contribution in [-0.4, -0.2) is 41.2 Å². The first kappa shape index (κ1) is 23.8. The van der Waals surface area contributed by atoms with Gasteiger partial charge in [-0.25, -0.2) is 0 Å². The SMILES string of the molecule is CCC(C(=O)NC(C)C)N(Cc1ccc(Cl)cc1)C(=O)CN1C(=O)c2cccc3cccc1c23. The predicted molar refractivity (Wildman–Crippen MR) is 135 cm³/mol. The van der Waals surface area contributed by atoms with E-state index in [0.717, 1.165) is 22.0 Å². The molecule has 0 saturated carbocycles. The fraction of sp³-hybridized carbons (Fsp3) is 0.296. The van der Waals surface area contributed by atoms with E-state index in [1.165, 1.54) is 4.90 Å². The quantitative estimate of drug-likeness (QED) is 0.507. The third-order valence-electron chi connectivity index (χ3n) is 6.03. The Morgan fingerprint density at radius 2 is 1.71 bits per heavy atom. The van der Waals surface area contributed by atoms with Gasteiger partial charge in [0, 0.05) is 28.6 Å². The number of halogens is 1. The van der Waals surface area contributed by atoms with Crippen molar-refractivity contribution in [3.63, 3.8) is 0 Å². The maximum Gasteiger partial charge on any atom is 0.259 e. The molecule has 0 fully saturated rings. The summed E-state index contributed by atoms with van der Waals surface area (Å²) in [6.45, 7) is 5.74. The highest BCUT2D eigenvalue weighted by atomic mass is 35.5. The molecule has 4 rings (SSSR count). The van der Waals surface area contributed by atoms with Gasteiger partial charge in [-0.05, 0) is 55.5 Å². The summed E-state index contributed by atoms with van der Waals surface area (Å²) in [5.74, 6) is -0.705. The molecule has 0 saturated heterocycles. The van der Waals surface area contributed by atoms with E-state index in [0.29, 0.717) is 17.0 Å². The molecule has 0 spiro atoms. The lowest BCUT2D eigenvalue weighted by molar-refractivity contribution is -0.140. The zero-order valence-electron chi connectivity index (χ0n) is 19.5. The van der Waals surface area contributed by atoms with E-state index in [9.17, 15) is 14.4 Å². The van der Waals surface area contributed by atoms with Crippen LogP contribution in [0.25, 0.3) is 10.8 Å². The van der Waals surface area contributed by atoms with E-state index in [1.807, 2.05) is 63.2 Å². The van der Waals surface area contributed by atoms with Gasteiger partial charge in [0.2, 0.25) is 11.8 Å². The summed E-state index contributed by atoms with van der Waals surface area (Å²) in [6, 6.07) is 17.8. The van der Waals surface area contributed by atoms with Gasteiger partial charge in [0.25, 0.3) is 5.91 Å². The smallest absolute Gasteiger partial charge is 0.259 e.